The van der Waals surface area contributed by atoms with Gasteiger partial charge in [-0.3, -0.25) is 0 Å². The van der Waals surface area contributed by atoms with Crippen molar-refractivity contribution >= 4 is 17.7 Å². The van der Waals surface area contributed by atoms with Gasteiger partial charge in [-0.2, -0.15) is 0 Å². The Morgan fingerprint density at radius 2 is 1.61 bits per heavy atom. The van der Waals surface area contributed by atoms with Crippen molar-refractivity contribution in [3.05, 3.63) is 109 Å². The minimum Gasteiger partial charge on any atom is -1.00 e. The summed E-state index contributed by atoms with van der Waals surface area (Å²) in [4.78, 5) is 0. The predicted molar refractivity (Wildman–Crippen MR) is 115 cm³/mol. The zero-order chi connectivity index (χ0) is 19.3. The molecular weight excluding hydrogens is 502 g/mol. The number of aliphatic hydroxyl groups is 1. The maximum atomic E-state index is 9.72. The zero-order valence-electron chi connectivity index (χ0n) is 17.5. The van der Waals surface area contributed by atoms with Gasteiger partial charge >= 0.3 is 26.2 Å². The molecule has 2 aliphatic carbocycles. The summed E-state index contributed by atoms with van der Waals surface area (Å²) >= 11 is 0. The van der Waals surface area contributed by atoms with Gasteiger partial charge in [-0.05, 0) is 31.4 Å². The molecule has 1 nitrogen and oxygen atoms in total. The van der Waals surface area contributed by atoms with Crippen LogP contribution >= 0.6 is 0 Å². The molecule has 155 valence electrons. The standard InChI is InChI=1S/C27H23O.2ClH.Zr/c1-17(2)21-11-12-24-22-9-5-3-8-19(22)16-25(24)27(21)26-20(13-14-28)15-18-7-4-6-10-23(18)26;;;/h3-12,15,26,28H,13-14H2,1-2H3;2*1H;/q-1;;;+3/p-2. The van der Waals surface area contributed by atoms with Crippen LogP contribution in [0.1, 0.15) is 48.4 Å². The van der Waals surface area contributed by atoms with E-state index in [0.717, 1.165) is 0 Å². The Morgan fingerprint density at radius 1 is 0.903 bits per heavy atom. The number of hydrogen-bond acceptors (Lipinski definition) is 1. The van der Waals surface area contributed by atoms with Gasteiger partial charge in [0, 0.05) is 12.5 Å². The van der Waals surface area contributed by atoms with Gasteiger partial charge in [-0.25, -0.2) is 0 Å². The van der Waals surface area contributed by atoms with Gasteiger partial charge in [-0.15, -0.1) is 33.4 Å². The number of fused-ring (bicyclic) bond motifs is 3. The van der Waals surface area contributed by atoms with Gasteiger partial charge in [0.1, 0.15) is 0 Å². The first kappa shape index (κ1) is 25.8. The van der Waals surface area contributed by atoms with E-state index in [1.54, 1.807) is 0 Å². The first-order valence-corrected chi connectivity index (χ1v) is 9.93. The van der Waals surface area contributed by atoms with Crippen LogP contribution in [-0.2, 0) is 26.2 Å². The predicted octanol–water partition coefficient (Wildman–Crippen LogP) is -1.90. The summed E-state index contributed by atoms with van der Waals surface area (Å²) in [7, 11) is 0. The summed E-state index contributed by atoms with van der Waals surface area (Å²) in [6, 6.07) is 21.7. The average molecular weight is 526 g/mol. The first-order chi connectivity index (χ1) is 13.7. The van der Waals surface area contributed by atoms with Gasteiger partial charge in [0.05, 0.1) is 0 Å². The van der Waals surface area contributed by atoms with E-state index in [1.807, 2.05) is 0 Å². The van der Waals surface area contributed by atoms with Crippen molar-refractivity contribution < 1.29 is 56.1 Å². The Balaban J connectivity index is 0.00000114. The summed E-state index contributed by atoms with van der Waals surface area (Å²) in [5.74, 6) is 0.171. The van der Waals surface area contributed by atoms with E-state index in [0.29, 0.717) is 6.42 Å². The van der Waals surface area contributed by atoms with E-state index < -0.39 is 0 Å². The van der Waals surface area contributed by atoms with Crippen molar-refractivity contribution in [2.45, 2.75) is 26.2 Å². The third-order valence-electron chi connectivity index (χ3n) is 5.97. The van der Waals surface area contributed by atoms with Crippen LogP contribution in [0.15, 0.2) is 66.2 Å². The van der Waals surface area contributed by atoms with Crippen molar-refractivity contribution in [1.82, 2.24) is 0 Å². The molecule has 0 bridgehead atoms. The summed E-state index contributed by atoms with van der Waals surface area (Å²) in [6.45, 7) is 4.54. The monoisotopic (exact) mass is 523 g/mol. The van der Waals surface area contributed by atoms with Gasteiger partial charge < -0.3 is 29.9 Å². The molecule has 0 spiro atoms. The fourth-order valence-electron chi connectivity index (χ4n) is 4.75. The van der Waals surface area contributed by atoms with E-state index in [-0.39, 0.29) is 63.5 Å². The second kappa shape index (κ2) is 10.5. The van der Waals surface area contributed by atoms with Crippen LogP contribution < -0.4 is 35.3 Å². The largest absolute Gasteiger partial charge is 3.00 e. The third kappa shape index (κ3) is 4.29. The Bertz CT molecular complexity index is 1350. The van der Waals surface area contributed by atoms with Crippen LogP contribution in [-0.4, -0.2) is 11.7 Å². The van der Waals surface area contributed by atoms with E-state index in [4.69, 9.17) is 0 Å². The molecule has 5 rings (SSSR count). The first-order valence-electron chi connectivity index (χ1n) is 9.93. The zero-order valence-corrected chi connectivity index (χ0v) is 21.5. The Morgan fingerprint density at radius 3 is 2.35 bits per heavy atom. The topological polar surface area (TPSA) is 20.2 Å². The van der Waals surface area contributed by atoms with Crippen LogP contribution in [0, 0.1) is 10.4 Å². The van der Waals surface area contributed by atoms with Crippen LogP contribution in [0.2, 0.25) is 0 Å². The van der Waals surface area contributed by atoms with Crippen LogP contribution in [0.5, 0.6) is 0 Å². The smallest absolute Gasteiger partial charge is 1.00 e. The van der Waals surface area contributed by atoms with Crippen molar-refractivity contribution in [2.75, 3.05) is 6.61 Å². The maximum Gasteiger partial charge on any atom is 3.00 e. The molecule has 31 heavy (non-hydrogen) atoms. The number of aliphatic hydroxyl groups excluding tert-OH is 1. The summed E-state index contributed by atoms with van der Waals surface area (Å²) in [5.41, 5.74) is 7.74. The maximum absolute atomic E-state index is 9.72. The molecule has 0 amide bonds. The Hall–Kier alpha value is -1.44. The second-order valence-corrected chi connectivity index (χ2v) is 7.87. The van der Waals surface area contributed by atoms with E-state index >= 15 is 0 Å². The van der Waals surface area contributed by atoms with Crippen molar-refractivity contribution in [2.24, 2.45) is 0 Å². The normalized spacial score (nSPS) is 14.5. The minimum atomic E-state index is 0. The molecular formula is C27H23Cl2OZr. The molecule has 4 heteroatoms. The second-order valence-electron chi connectivity index (χ2n) is 7.87. The molecule has 1 unspecified atom stereocenters. The molecule has 3 aromatic rings. The van der Waals surface area contributed by atoms with Crippen LogP contribution in [0.4, 0.5) is 0 Å². The summed E-state index contributed by atoms with van der Waals surface area (Å²) in [6.07, 6.45) is 6.67. The molecule has 1 N–H and O–H groups in total. The van der Waals surface area contributed by atoms with Crippen molar-refractivity contribution in [1.29, 1.82) is 0 Å². The Labute approximate surface area is 214 Å². The molecule has 0 aliphatic heterocycles. The molecule has 1 atom stereocenters. The molecule has 1 radical (unpaired) electrons. The molecule has 0 aromatic heterocycles. The molecule has 3 aromatic carbocycles. The SMILES string of the molecule is CC(C)=c1ccc2c(c1C1C(CCO)=Cc3ccccc31)[C-]=c1ccccc1=2.[Cl-].[Cl-].[Zr+3]. The van der Waals surface area contributed by atoms with E-state index in [1.165, 1.54) is 54.3 Å². The van der Waals surface area contributed by atoms with Crippen molar-refractivity contribution in [3.63, 3.8) is 0 Å². The van der Waals surface area contributed by atoms with Gasteiger partial charge in [-0.1, -0.05) is 82.6 Å². The number of hydrogen-bond donors (Lipinski definition) is 1. The summed E-state index contributed by atoms with van der Waals surface area (Å²) in [5, 5.41) is 14.7. The molecule has 0 fully saturated rings. The van der Waals surface area contributed by atoms with Crippen LogP contribution in [0.25, 0.3) is 17.7 Å². The number of benzene rings is 3. The number of halogens is 2. The molecule has 0 heterocycles. The molecule has 2 aliphatic rings. The number of rotatable bonds is 3. The van der Waals surface area contributed by atoms with Gasteiger partial charge in [0.2, 0.25) is 0 Å². The van der Waals surface area contributed by atoms with E-state index in [2.05, 4.69) is 86.7 Å². The van der Waals surface area contributed by atoms with Gasteiger partial charge in [0.25, 0.3) is 0 Å². The third-order valence-corrected chi connectivity index (χ3v) is 5.97. The van der Waals surface area contributed by atoms with Crippen LogP contribution in [0.3, 0.4) is 0 Å². The molecule has 0 saturated carbocycles. The average Bonchev–Trinajstić information content (AvgIpc) is 3.25. The minimum absolute atomic E-state index is 0. The van der Waals surface area contributed by atoms with Gasteiger partial charge in [0.15, 0.2) is 0 Å². The molecule has 0 saturated heterocycles. The quantitative estimate of drug-likeness (QED) is 0.310. The summed E-state index contributed by atoms with van der Waals surface area (Å²) < 4.78 is 0. The fourth-order valence-corrected chi connectivity index (χ4v) is 4.75. The fraction of sp³-hybridized carbons (Fsp3) is 0.185. The van der Waals surface area contributed by atoms with E-state index in [9.17, 15) is 5.11 Å². The Kier molecular flexibility index (Phi) is 8.71. The van der Waals surface area contributed by atoms with Crippen molar-refractivity contribution in [3.8, 4) is 0 Å².